The molecule has 80 valence electrons. The van der Waals surface area contributed by atoms with E-state index in [0.717, 1.165) is 0 Å². The van der Waals surface area contributed by atoms with Gasteiger partial charge in [0.25, 0.3) is 0 Å². The van der Waals surface area contributed by atoms with Gasteiger partial charge in [-0.2, -0.15) is 0 Å². The second-order valence-electron chi connectivity index (χ2n) is 5.74. The van der Waals surface area contributed by atoms with Gasteiger partial charge >= 0.3 is 0 Å². The minimum Gasteiger partial charge on any atom is -0.296 e. The largest absolute Gasteiger partial charge is 0.296 e. The lowest BCUT2D eigenvalue weighted by atomic mass is 9.77. The summed E-state index contributed by atoms with van der Waals surface area (Å²) in [6.07, 6.45) is 2.76. The molecule has 3 rings (SSSR count). The highest BCUT2D eigenvalue weighted by Gasteiger charge is 2.52. The van der Waals surface area contributed by atoms with E-state index in [-0.39, 0.29) is 5.54 Å². The van der Waals surface area contributed by atoms with Gasteiger partial charge in [0.05, 0.1) is 0 Å². The predicted octanol–water partition coefficient (Wildman–Crippen LogP) is 2.90. The van der Waals surface area contributed by atoms with Gasteiger partial charge in [0, 0.05) is 17.5 Å². The Balaban J connectivity index is 2.21. The third kappa shape index (κ3) is 1.13. The van der Waals surface area contributed by atoms with E-state index in [0.29, 0.717) is 5.41 Å². The van der Waals surface area contributed by atoms with Crippen LogP contribution in [0, 0.1) is 0 Å². The molecule has 1 aliphatic carbocycles. The summed E-state index contributed by atoms with van der Waals surface area (Å²) in [7, 11) is 2.26. The summed E-state index contributed by atoms with van der Waals surface area (Å²) < 4.78 is 0. The number of benzene rings is 1. The summed E-state index contributed by atoms with van der Waals surface area (Å²) in [6, 6.07) is 9.03. The van der Waals surface area contributed by atoms with Gasteiger partial charge in [-0.1, -0.05) is 24.3 Å². The Morgan fingerprint density at radius 2 is 1.67 bits per heavy atom. The number of nitrogens with zero attached hydrogens (tertiary/aromatic N) is 1. The maximum Gasteiger partial charge on any atom is 0.0404 e. The van der Waals surface area contributed by atoms with Gasteiger partial charge in [-0.15, -0.1) is 0 Å². The summed E-state index contributed by atoms with van der Waals surface area (Å²) in [4.78, 5) is 2.52. The van der Waals surface area contributed by atoms with Crippen LogP contribution in [0.4, 0.5) is 0 Å². The van der Waals surface area contributed by atoms with E-state index in [1.165, 1.54) is 24.9 Å². The van der Waals surface area contributed by atoms with Crippen LogP contribution in [0.15, 0.2) is 24.3 Å². The first kappa shape index (κ1) is 9.41. The van der Waals surface area contributed by atoms with Gasteiger partial charge in [-0.05, 0) is 44.9 Å². The first-order valence-electron chi connectivity index (χ1n) is 5.88. The number of likely N-dealkylation sites (N-methyl/N-ethyl adjacent to an activating group) is 1. The van der Waals surface area contributed by atoms with E-state index in [1.807, 2.05) is 0 Å². The van der Waals surface area contributed by atoms with E-state index >= 15 is 0 Å². The van der Waals surface area contributed by atoms with E-state index in [1.54, 1.807) is 5.56 Å². The molecular formula is C14H19N. The fourth-order valence-corrected chi connectivity index (χ4v) is 3.00. The van der Waals surface area contributed by atoms with Crippen LogP contribution in [0.2, 0.25) is 0 Å². The van der Waals surface area contributed by atoms with Crippen molar-refractivity contribution in [3.63, 3.8) is 0 Å². The van der Waals surface area contributed by atoms with Gasteiger partial charge in [0.1, 0.15) is 0 Å². The first-order chi connectivity index (χ1) is 7.06. The molecule has 15 heavy (non-hydrogen) atoms. The zero-order chi connectivity index (χ0) is 10.7. The summed E-state index contributed by atoms with van der Waals surface area (Å²) >= 11 is 0. The van der Waals surface area contributed by atoms with E-state index in [2.05, 4.69) is 50.1 Å². The molecule has 1 aromatic rings. The normalized spacial score (nSPS) is 26.3. The minimum absolute atomic E-state index is 0.199. The maximum absolute atomic E-state index is 2.52. The van der Waals surface area contributed by atoms with Crippen molar-refractivity contribution in [3.8, 4) is 0 Å². The number of hydrogen-bond donors (Lipinski definition) is 0. The Labute approximate surface area is 92.1 Å². The topological polar surface area (TPSA) is 3.24 Å². The Morgan fingerprint density at radius 1 is 1.07 bits per heavy atom. The third-order valence-corrected chi connectivity index (χ3v) is 4.51. The van der Waals surface area contributed by atoms with Crippen molar-refractivity contribution in [1.82, 2.24) is 4.90 Å². The van der Waals surface area contributed by atoms with Crippen molar-refractivity contribution in [2.45, 2.75) is 37.6 Å². The Bertz CT molecular complexity index is 402. The minimum atomic E-state index is 0.199. The molecule has 1 spiro atoms. The molecule has 1 saturated carbocycles. The van der Waals surface area contributed by atoms with Crippen molar-refractivity contribution in [1.29, 1.82) is 0 Å². The van der Waals surface area contributed by atoms with Gasteiger partial charge in [0.2, 0.25) is 0 Å². The average molecular weight is 201 g/mol. The van der Waals surface area contributed by atoms with Crippen LogP contribution in [-0.4, -0.2) is 18.5 Å². The lowest BCUT2D eigenvalue weighted by molar-refractivity contribution is 0.122. The van der Waals surface area contributed by atoms with Crippen LogP contribution in [0.1, 0.15) is 37.8 Å². The molecule has 2 aliphatic rings. The van der Waals surface area contributed by atoms with Crippen LogP contribution in [-0.2, 0) is 11.0 Å². The predicted molar refractivity (Wildman–Crippen MR) is 63.0 cm³/mol. The quantitative estimate of drug-likeness (QED) is 0.624. The summed E-state index contributed by atoms with van der Waals surface area (Å²) in [5, 5.41) is 0. The number of rotatable bonds is 0. The zero-order valence-corrected chi connectivity index (χ0v) is 9.88. The fourth-order valence-electron chi connectivity index (χ4n) is 3.00. The molecular weight excluding hydrogens is 182 g/mol. The molecule has 1 aliphatic heterocycles. The van der Waals surface area contributed by atoms with Gasteiger partial charge in [-0.3, -0.25) is 4.90 Å². The molecule has 1 heteroatoms. The molecule has 0 unspecified atom stereocenters. The second-order valence-corrected chi connectivity index (χ2v) is 5.74. The molecule has 1 nitrogen and oxygen atoms in total. The molecule has 0 saturated heterocycles. The Kier molecular flexibility index (Phi) is 1.66. The molecule has 1 heterocycles. The van der Waals surface area contributed by atoms with E-state index in [9.17, 15) is 0 Å². The van der Waals surface area contributed by atoms with Crippen LogP contribution in [0.3, 0.4) is 0 Å². The lowest BCUT2D eigenvalue weighted by Gasteiger charge is -2.45. The Hall–Kier alpha value is -0.820. The number of fused-ring (bicyclic) bond motifs is 2. The standard InChI is InChI=1S/C14H19N/c1-13(2)11-6-4-5-7-12(11)14(8-9-14)10-15(13)3/h4-7H,8-10H2,1-3H3. The van der Waals surface area contributed by atoms with Crippen molar-refractivity contribution < 1.29 is 0 Å². The molecule has 0 radical (unpaired) electrons. The van der Waals surface area contributed by atoms with Crippen molar-refractivity contribution in [2.75, 3.05) is 13.6 Å². The fraction of sp³-hybridized carbons (Fsp3) is 0.571. The summed E-state index contributed by atoms with van der Waals surface area (Å²) in [5.41, 5.74) is 3.87. The second kappa shape index (κ2) is 2.65. The van der Waals surface area contributed by atoms with Gasteiger partial charge in [-0.25, -0.2) is 0 Å². The molecule has 0 amide bonds. The highest BCUT2D eigenvalue weighted by molar-refractivity contribution is 5.45. The molecule has 0 aromatic heterocycles. The highest BCUT2D eigenvalue weighted by atomic mass is 15.2. The van der Waals surface area contributed by atoms with Crippen molar-refractivity contribution in [2.24, 2.45) is 0 Å². The molecule has 1 fully saturated rings. The Morgan fingerprint density at radius 3 is 2.27 bits per heavy atom. The molecule has 0 atom stereocenters. The molecule has 0 N–H and O–H groups in total. The zero-order valence-electron chi connectivity index (χ0n) is 9.88. The molecule has 1 aromatic carbocycles. The maximum atomic E-state index is 2.52. The van der Waals surface area contributed by atoms with Crippen LogP contribution < -0.4 is 0 Å². The molecule has 0 bridgehead atoms. The first-order valence-corrected chi connectivity index (χ1v) is 5.88. The number of hydrogen-bond acceptors (Lipinski definition) is 1. The lowest BCUT2D eigenvalue weighted by Crippen LogP contribution is -2.48. The van der Waals surface area contributed by atoms with Gasteiger partial charge < -0.3 is 0 Å². The third-order valence-electron chi connectivity index (χ3n) is 4.51. The monoisotopic (exact) mass is 201 g/mol. The van der Waals surface area contributed by atoms with Crippen LogP contribution in [0.25, 0.3) is 0 Å². The smallest absolute Gasteiger partial charge is 0.0404 e. The highest BCUT2D eigenvalue weighted by Crippen LogP contribution is 2.55. The summed E-state index contributed by atoms with van der Waals surface area (Å²) in [5.74, 6) is 0. The van der Waals surface area contributed by atoms with Crippen LogP contribution in [0.5, 0.6) is 0 Å². The van der Waals surface area contributed by atoms with Crippen LogP contribution >= 0.6 is 0 Å². The van der Waals surface area contributed by atoms with Crippen molar-refractivity contribution >= 4 is 0 Å². The summed E-state index contributed by atoms with van der Waals surface area (Å²) in [6.45, 7) is 5.90. The van der Waals surface area contributed by atoms with Gasteiger partial charge in [0.15, 0.2) is 0 Å². The SMILES string of the molecule is CN1CC2(CC2)c2ccccc2C1(C)C. The average Bonchev–Trinajstić information content (AvgIpc) is 2.97. The van der Waals surface area contributed by atoms with E-state index < -0.39 is 0 Å². The van der Waals surface area contributed by atoms with E-state index in [4.69, 9.17) is 0 Å². The van der Waals surface area contributed by atoms with Crippen molar-refractivity contribution in [3.05, 3.63) is 35.4 Å².